The second-order valence-electron chi connectivity index (χ2n) is 6.99. The predicted octanol–water partition coefficient (Wildman–Crippen LogP) is 5.02. The normalized spacial score (nSPS) is 19.5. The number of nitrogens with zero attached hydrogens (tertiary/aromatic N) is 1. The lowest BCUT2D eigenvalue weighted by Gasteiger charge is -2.31. The molecule has 1 aromatic carbocycles. The topological polar surface area (TPSA) is 36.1 Å². The van der Waals surface area contributed by atoms with Crippen molar-refractivity contribution in [3.8, 4) is 0 Å². The predicted molar refractivity (Wildman–Crippen MR) is 99.1 cm³/mol. The number of amides is 1. The number of carbonyl (C=O) groups excluding carboxylic acids is 1. The van der Waals surface area contributed by atoms with E-state index in [2.05, 4.69) is 17.3 Å². The Balaban J connectivity index is 1.51. The van der Waals surface area contributed by atoms with E-state index < -0.39 is 0 Å². The molecule has 1 amide bonds. The van der Waals surface area contributed by atoms with E-state index in [-0.39, 0.29) is 5.92 Å². The van der Waals surface area contributed by atoms with Gasteiger partial charge in [-0.15, -0.1) is 0 Å². The van der Waals surface area contributed by atoms with Crippen molar-refractivity contribution in [1.82, 2.24) is 9.88 Å². The fourth-order valence-electron chi connectivity index (χ4n) is 4.08. The van der Waals surface area contributed by atoms with Crippen LogP contribution in [-0.4, -0.2) is 28.9 Å². The highest BCUT2D eigenvalue weighted by Crippen LogP contribution is 2.32. The first-order valence-corrected chi connectivity index (χ1v) is 9.35. The zero-order valence-electron chi connectivity index (χ0n) is 13.9. The van der Waals surface area contributed by atoms with Gasteiger partial charge in [0, 0.05) is 46.7 Å². The van der Waals surface area contributed by atoms with Crippen LogP contribution in [0.1, 0.15) is 44.1 Å². The molecule has 4 rings (SSSR count). The molecule has 2 aliphatic rings. The SMILES string of the molecule is O=C(C1CCCCC1)N1CC=C(c2c[nH]c3ccc(Cl)cc23)CC1. The maximum Gasteiger partial charge on any atom is 0.225 e. The van der Waals surface area contributed by atoms with E-state index in [1.807, 2.05) is 23.1 Å². The van der Waals surface area contributed by atoms with E-state index >= 15 is 0 Å². The Hall–Kier alpha value is -1.74. The number of nitrogens with one attached hydrogen (secondary N) is 1. The van der Waals surface area contributed by atoms with Crippen molar-refractivity contribution < 1.29 is 4.79 Å². The zero-order chi connectivity index (χ0) is 16.5. The third kappa shape index (κ3) is 2.98. The van der Waals surface area contributed by atoms with Crippen LogP contribution in [0.2, 0.25) is 5.02 Å². The van der Waals surface area contributed by atoms with E-state index in [0.717, 1.165) is 42.9 Å². The van der Waals surface area contributed by atoms with Crippen molar-refractivity contribution in [2.75, 3.05) is 13.1 Å². The summed E-state index contributed by atoms with van der Waals surface area (Å²) in [6, 6.07) is 5.94. The number of aromatic nitrogens is 1. The summed E-state index contributed by atoms with van der Waals surface area (Å²) in [4.78, 5) is 18.0. The van der Waals surface area contributed by atoms with Gasteiger partial charge in [0.05, 0.1) is 0 Å². The van der Waals surface area contributed by atoms with Crippen molar-refractivity contribution in [2.45, 2.75) is 38.5 Å². The molecule has 126 valence electrons. The van der Waals surface area contributed by atoms with E-state index in [1.54, 1.807) is 0 Å². The van der Waals surface area contributed by atoms with Gasteiger partial charge >= 0.3 is 0 Å². The van der Waals surface area contributed by atoms with Crippen LogP contribution in [0.5, 0.6) is 0 Å². The molecule has 1 aliphatic carbocycles. The van der Waals surface area contributed by atoms with Gasteiger partial charge in [-0.1, -0.05) is 36.9 Å². The van der Waals surface area contributed by atoms with Crippen LogP contribution < -0.4 is 0 Å². The minimum Gasteiger partial charge on any atom is -0.361 e. The Kier molecular flexibility index (Phi) is 4.36. The second-order valence-corrected chi connectivity index (χ2v) is 7.43. The summed E-state index contributed by atoms with van der Waals surface area (Å²) in [6.07, 6.45) is 11.1. The minimum absolute atomic E-state index is 0.264. The van der Waals surface area contributed by atoms with Crippen LogP contribution in [0.15, 0.2) is 30.5 Å². The molecule has 4 heteroatoms. The van der Waals surface area contributed by atoms with E-state index in [0.29, 0.717) is 5.91 Å². The molecule has 1 saturated carbocycles. The van der Waals surface area contributed by atoms with Crippen LogP contribution >= 0.6 is 11.6 Å². The van der Waals surface area contributed by atoms with Gasteiger partial charge in [0.15, 0.2) is 0 Å². The lowest BCUT2D eigenvalue weighted by atomic mass is 9.87. The van der Waals surface area contributed by atoms with Crippen LogP contribution in [0.3, 0.4) is 0 Å². The highest BCUT2D eigenvalue weighted by molar-refractivity contribution is 6.31. The molecule has 1 N–H and O–H groups in total. The number of H-pyrrole nitrogens is 1. The number of fused-ring (bicyclic) bond motifs is 1. The Morgan fingerprint density at radius 3 is 2.79 bits per heavy atom. The maximum absolute atomic E-state index is 12.7. The second kappa shape index (κ2) is 6.64. The van der Waals surface area contributed by atoms with Gasteiger partial charge in [-0.2, -0.15) is 0 Å². The van der Waals surface area contributed by atoms with Crippen molar-refractivity contribution >= 4 is 34.0 Å². The summed E-state index contributed by atoms with van der Waals surface area (Å²) < 4.78 is 0. The highest BCUT2D eigenvalue weighted by atomic mass is 35.5. The molecular formula is C20H23ClN2O. The highest BCUT2D eigenvalue weighted by Gasteiger charge is 2.27. The average molecular weight is 343 g/mol. The lowest BCUT2D eigenvalue weighted by Crippen LogP contribution is -2.39. The molecule has 2 heterocycles. The van der Waals surface area contributed by atoms with Gasteiger partial charge in [0.1, 0.15) is 0 Å². The number of halogens is 1. The largest absolute Gasteiger partial charge is 0.361 e. The third-order valence-corrected chi connectivity index (χ3v) is 5.70. The van der Waals surface area contributed by atoms with Crippen molar-refractivity contribution in [2.24, 2.45) is 5.92 Å². The molecule has 0 bridgehead atoms. The molecule has 24 heavy (non-hydrogen) atoms. The fourth-order valence-corrected chi connectivity index (χ4v) is 4.25. The summed E-state index contributed by atoms with van der Waals surface area (Å²) in [5, 5.41) is 1.93. The molecule has 0 unspecified atom stereocenters. The van der Waals surface area contributed by atoms with Crippen molar-refractivity contribution in [3.05, 3.63) is 41.1 Å². The van der Waals surface area contributed by atoms with E-state index in [9.17, 15) is 4.79 Å². The van der Waals surface area contributed by atoms with Crippen LogP contribution in [-0.2, 0) is 4.79 Å². The quantitative estimate of drug-likeness (QED) is 0.817. The molecule has 1 aromatic heterocycles. The summed E-state index contributed by atoms with van der Waals surface area (Å²) >= 11 is 6.15. The summed E-state index contributed by atoms with van der Waals surface area (Å²) in [7, 11) is 0. The van der Waals surface area contributed by atoms with Crippen LogP contribution in [0, 0.1) is 5.92 Å². The molecule has 0 atom stereocenters. The Bertz CT molecular complexity index is 786. The number of hydrogen-bond donors (Lipinski definition) is 1. The van der Waals surface area contributed by atoms with Crippen molar-refractivity contribution in [3.63, 3.8) is 0 Å². The van der Waals surface area contributed by atoms with Gasteiger partial charge < -0.3 is 9.88 Å². The summed E-state index contributed by atoms with van der Waals surface area (Å²) in [5.41, 5.74) is 3.64. The maximum atomic E-state index is 12.7. The number of hydrogen-bond acceptors (Lipinski definition) is 1. The average Bonchev–Trinajstić information content (AvgIpc) is 3.05. The molecule has 2 aromatic rings. The number of rotatable bonds is 2. The van der Waals surface area contributed by atoms with Crippen molar-refractivity contribution in [1.29, 1.82) is 0 Å². The molecule has 1 fully saturated rings. The molecule has 0 saturated heterocycles. The fraction of sp³-hybridized carbons (Fsp3) is 0.450. The molecule has 1 aliphatic heterocycles. The Labute approximate surface area is 147 Å². The zero-order valence-corrected chi connectivity index (χ0v) is 14.6. The van der Waals surface area contributed by atoms with E-state index in [1.165, 1.54) is 35.8 Å². The van der Waals surface area contributed by atoms with Gasteiger partial charge in [-0.05, 0) is 43.0 Å². The number of carbonyl (C=O) groups is 1. The van der Waals surface area contributed by atoms with Crippen LogP contribution in [0.4, 0.5) is 0 Å². The Morgan fingerprint density at radius 1 is 1.21 bits per heavy atom. The molecule has 0 radical (unpaired) electrons. The first kappa shape index (κ1) is 15.8. The first-order chi connectivity index (χ1) is 11.7. The van der Waals surface area contributed by atoms with Gasteiger partial charge in [0.25, 0.3) is 0 Å². The smallest absolute Gasteiger partial charge is 0.225 e. The van der Waals surface area contributed by atoms with Gasteiger partial charge in [-0.3, -0.25) is 4.79 Å². The summed E-state index contributed by atoms with van der Waals surface area (Å²) in [5.74, 6) is 0.632. The molecular weight excluding hydrogens is 320 g/mol. The molecule has 3 nitrogen and oxygen atoms in total. The number of benzene rings is 1. The lowest BCUT2D eigenvalue weighted by molar-refractivity contribution is -0.136. The number of aromatic amines is 1. The minimum atomic E-state index is 0.264. The standard InChI is InChI=1S/C20H23ClN2O/c21-16-6-7-19-17(12-16)18(13-22-19)14-8-10-23(11-9-14)20(24)15-4-2-1-3-5-15/h6-8,12-13,15,22H,1-5,9-11H2. The molecule has 0 spiro atoms. The third-order valence-electron chi connectivity index (χ3n) is 5.46. The Morgan fingerprint density at radius 2 is 2.04 bits per heavy atom. The monoisotopic (exact) mass is 342 g/mol. The first-order valence-electron chi connectivity index (χ1n) is 8.97. The van der Waals surface area contributed by atoms with E-state index in [4.69, 9.17) is 11.6 Å². The van der Waals surface area contributed by atoms with Crippen LogP contribution in [0.25, 0.3) is 16.5 Å². The van der Waals surface area contributed by atoms with Gasteiger partial charge in [0.2, 0.25) is 5.91 Å². The van der Waals surface area contributed by atoms with Gasteiger partial charge in [-0.25, -0.2) is 0 Å². The summed E-state index contributed by atoms with van der Waals surface area (Å²) in [6.45, 7) is 1.56.